The Balaban J connectivity index is 2.62. The lowest BCUT2D eigenvalue weighted by atomic mass is 10.2. The number of rotatable bonds is 1. The normalized spacial score (nSPS) is 10.5. The first-order chi connectivity index (χ1) is 6.68. The lowest BCUT2D eigenvalue weighted by Crippen LogP contribution is -1.86. The van der Waals surface area contributed by atoms with Crippen molar-refractivity contribution in [2.24, 2.45) is 0 Å². The molecule has 0 unspecified atom stereocenters. The summed E-state index contributed by atoms with van der Waals surface area (Å²) in [6.07, 6.45) is 0. The van der Waals surface area contributed by atoms with Crippen LogP contribution in [0.3, 0.4) is 0 Å². The smallest absolute Gasteiger partial charge is 0.142 e. The third-order valence-electron chi connectivity index (χ3n) is 1.58. The van der Waals surface area contributed by atoms with Crippen molar-refractivity contribution in [1.82, 2.24) is 10.2 Å². The summed E-state index contributed by atoms with van der Waals surface area (Å²) in [6.45, 7) is 0. The topological polar surface area (TPSA) is 25.8 Å². The maximum atomic E-state index is 5.96. The van der Waals surface area contributed by atoms with Gasteiger partial charge in [0.2, 0.25) is 0 Å². The average molecular weight is 266 g/mol. The van der Waals surface area contributed by atoms with Crippen LogP contribution < -0.4 is 0 Å². The molecule has 2 aromatic rings. The maximum Gasteiger partial charge on any atom is 0.160 e. The van der Waals surface area contributed by atoms with Crippen molar-refractivity contribution in [2.45, 2.75) is 0 Å². The van der Waals surface area contributed by atoms with Crippen molar-refractivity contribution in [3.63, 3.8) is 0 Å². The summed E-state index contributed by atoms with van der Waals surface area (Å²) in [7, 11) is 0. The second kappa shape index (κ2) is 4.03. The zero-order valence-electron chi connectivity index (χ0n) is 6.67. The van der Waals surface area contributed by atoms with Crippen molar-refractivity contribution >= 4 is 46.1 Å². The second-order valence-corrected chi connectivity index (χ2v) is 4.54. The van der Waals surface area contributed by atoms with Gasteiger partial charge >= 0.3 is 0 Å². The predicted molar refractivity (Wildman–Crippen MR) is 60.4 cm³/mol. The highest BCUT2D eigenvalue weighted by atomic mass is 35.5. The third kappa shape index (κ3) is 1.86. The molecular formula is C8H3Cl3N2S. The molecule has 0 N–H and O–H groups in total. The van der Waals surface area contributed by atoms with Crippen LogP contribution in [0.2, 0.25) is 15.3 Å². The average Bonchev–Trinajstić information content (AvgIpc) is 2.56. The highest BCUT2D eigenvalue weighted by molar-refractivity contribution is 7.14. The highest BCUT2D eigenvalue weighted by Gasteiger charge is 2.11. The van der Waals surface area contributed by atoms with E-state index in [1.54, 1.807) is 12.1 Å². The van der Waals surface area contributed by atoms with E-state index in [1.807, 2.05) is 5.38 Å². The molecule has 0 aliphatic rings. The van der Waals surface area contributed by atoms with Crippen molar-refractivity contribution in [1.29, 1.82) is 0 Å². The van der Waals surface area contributed by atoms with Crippen LogP contribution in [0, 0.1) is 0 Å². The fourth-order valence-electron chi connectivity index (χ4n) is 0.998. The van der Waals surface area contributed by atoms with Crippen LogP contribution in [0.5, 0.6) is 0 Å². The van der Waals surface area contributed by atoms with Crippen LogP contribution in [0.4, 0.5) is 0 Å². The number of hydrogen-bond acceptors (Lipinski definition) is 3. The predicted octanol–water partition coefficient (Wildman–Crippen LogP) is 4.17. The van der Waals surface area contributed by atoms with E-state index < -0.39 is 0 Å². The molecule has 0 saturated carbocycles. The van der Waals surface area contributed by atoms with Gasteiger partial charge in [0.15, 0.2) is 10.3 Å². The molecule has 6 heteroatoms. The molecule has 0 fully saturated rings. The van der Waals surface area contributed by atoms with Crippen molar-refractivity contribution < 1.29 is 0 Å². The first kappa shape index (κ1) is 10.2. The fraction of sp³-hybridized carbons (Fsp3) is 0. The van der Waals surface area contributed by atoms with Gasteiger partial charge in [-0.25, -0.2) is 0 Å². The molecule has 0 aromatic carbocycles. The summed E-state index contributed by atoms with van der Waals surface area (Å²) in [6, 6.07) is 3.45. The second-order valence-electron chi connectivity index (χ2n) is 2.47. The van der Waals surface area contributed by atoms with Gasteiger partial charge in [0, 0.05) is 5.56 Å². The van der Waals surface area contributed by atoms with E-state index >= 15 is 0 Å². The number of hydrogen-bond donors (Lipinski definition) is 0. The van der Waals surface area contributed by atoms with E-state index in [9.17, 15) is 0 Å². The lowest BCUT2D eigenvalue weighted by Gasteiger charge is -2.00. The number of nitrogens with zero attached hydrogens (tertiary/aromatic N) is 2. The maximum absolute atomic E-state index is 5.96. The molecule has 0 amide bonds. The Morgan fingerprint density at radius 3 is 2.57 bits per heavy atom. The van der Waals surface area contributed by atoms with E-state index in [-0.39, 0.29) is 0 Å². The van der Waals surface area contributed by atoms with Gasteiger partial charge in [0.25, 0.3) is 0 Å². The van der Waals surface area contributed by atoms with Crippen LogP contribution in [0.15, 0.2) is 17.5 Å². The molecule has 0 saturated heterocycles. The highest BCUT2D eigenvalue weighted by Crippen LogP contribution is 2.36. The molecule has 2 heterocycles. The summed E-state index contributed by atoms with van der Waals surface area (Å²) in [5.41, 5.74) is 0.715. The number of aromatic nitrogens is 2. The SMILES string of the molecule is Clc1cc(-c2sccc2Cl)c(Cl)nn1. The minimum Gasteiger partial charge on any atom is -0.142 e. The monoisotopic (exact) mass is 264 g/mol. The lowest BCUT2D eigenvalue weighted by molar-refractivity contribution is 1.03. The molecule has 0 spiro atoms. The molecule has 2 nitrogen and oxygen atoms in total. The Kier molecular flexibility index (Phi) is 2.93. The minimum absolute atomic E-state index is 0.300. The Morgan fingerprint density at radius 1 is 1.14 bits per heavy atom. The molecule has 0 atom stereocenters. The van der Waals surface area contributed by atoms with E-state index in [2.05, 4.69) is 10.2 Å². The van der Waals surface area contributed by atoms with Gasteiger partial charge in [0.1, 0.15) is 0 Å². The van der Waals surface area contributed by atoms with Gasteiger partial charge in [-0.1, -0.05) is 34.8 Å². The summed E-state index contributed by atoms with van der Waals surface area (Å²) < 4.78 is 0. The van der Waals surface area contributed by atoms with Gasteiger partial charge in [-0.2, -0.15) is 0 Å². The third-order valence-corrected chi connectivity index (χ3v) is 3.42. The number of thiophene rings is 1. The quantitative estimate of drug-likeness (QED) is 0.773. The fourth-order valence-corrected chi connectivity index (χ4v) is 2.56. The Bertz CT molecular complexity index is 469. The molecule has 0 bridgehead atoms. The largest absolute Gasteiger partial charge is 0.160 e. The van der Waals surface area contributed by atoms with E-state index in [1.165, 1.54) is 11.3 Å². The Morgan fingerprint density at radius 2 is 1.93 bits per heavy atom. The van der Waals surface area contributed by atoms with Crippen LogP contribution in [0.25, 0.3) is 10.4 Å². The van der Waals surface area contributed by atoms with Gasteiger partial charge in [-0.3, -0.25) is 0 Å². The van der Waals surface area contributed by atoms with Crippen molar-refractivity contribution in [3.05, 3.63) is 32.8 Å². The summed E-state index contributed by atoms with van der Waals surface area (Å²) in [4.78, 5) is 0.855. The molecule has 0 radical (unpaired) electrons. The zero-order chi connectivity index (χ0) is 10.1. The zero-order valence-corrected chi connectivity index (χ0v) is 9.75. The van der Waals surface area contributed by atoms with Crippen LogP contribution in [-0.4, -0.2) is 10.2 Å². The molecule has 0 aliphatic carbocycles. The summed E-state index contributed by atoms with van der Waals surface area (Å²) >= 11 is 19.0. The van der Waals surface area contributed by atoms with Gasteiger partial charge in [0.05, 0.1) is 9.90 Å². The van der Waals surface area contributed by atoms with Crippen LogP contribution >= 0.6 is 46.1 Å². The van der Waals surface area contributed by atoms with Gasteiger partial charge in [-0.15, -0.1) is 21.5 Å². The molecule has 72 valence electrons. The molecular weight excluding hydrogens is 263 g/mol. The van der Waals surface area contributed by atoms with Crippen LogP contribution in [0.1, 0.15) is 0 Å². The van der Waals surface area contributed by atoms with E-state index in [4.69, 9.17) is 34.8 Å². The van der Waals surface area contributed by atoms with Gasteiger partial charge in [-0.05, 0) is 17.5 Å². The first-order valence-electron chi connectivity index (χ1n) is 3.60. The van der Waals surface area contributed by atoms with Crippen molar-refractivity contribution in [2.75, 3.05) is 0 Å². The molecule has 14 heavy (non-hydrogen) atoms. The minimum atomic E-state index is 0.300. The first-order valence-corrected chi connectivity index (χ1v) is 5.62. The summed E-state index contributed by atoms with van der Waals surface area (Å²) in [5, 5.41) is 10.5. The van der Waals surface area contributed by atoms with E-state index in [0.29, 0.717) is 20.9 Å². The summed E-state index contributed by atoms with van der Waals surface area (Å²) in [5.74, 6) is 0. The molecule has 2 aromatic heterocycles. The van der Waals surface area contributed by atoms with Gasteiger partial charge < -0.3 is 0 Å². The standard InChI is InChI=1S/C8H3Cl3N2S/c9-5-1-2-14-7(5)4-3-6(10)12-13-8(4)11/h1-3H. The van der Waals surface area contributed by atoms with Crippen LogP contribution in [-0.2, 0) is 0 Å². The Hall–Kier alpha value is -0.350. The molecule has 2 rings (SSSR count). The number of halogens is 3. The Labute approximate surface area is 99.4 Å². The van der Waals surface area contributed by atoms with Crippen molar-refractivity contribution in [3.8, 4) is 10.4 Å². The molecule has 0 aliphatic heterocycles. The van der Waals surface area contributed by atoms with E-state index in [0.717, 1.165) is 4.88 Å².